The van der Waals surface area contributed by atoms with Crippen LogP contribution in [0.4, 0.5) is 0 Å². The number of rotatable bonds is 0. The van der Waals surface area contributed by atoms with Crippen molar-refractivity contribution < 1.29 is 23.9 Å². The topological polar surface area (TPSA) is 89.5 Å². The highest BCUT2D eigenvalue weighted by atomic mass is 16.5. The molecular formula is C14H9NO5. The van der Waals surface area contributed by atoms with E-state index in [0.29, 0.717) is 0 Å². The summed E-state index contributed by atoms with van der Waals surface area (Å²) in [5.74, 6) is -3.93. The summed E-state index contributed by atoms with van der Waals surface area (Å²) in [6.07, 6.45) is 0. The Morgan fingerprint density at radius 2 is 1.60 bits per heavy atom. The van der Waals surface area contributed by atoms with E-state index in [1.54, 1.807) is 12.1 Å². The van der Waals surface area contributed by atoms with E-state index in [1.165, 1.54) is 12.1 Å². The molecule has 0 saturated carbocycles. The maximum atomic E-state index is 12.6. The molecule has 6 nitrogen and oxygen atoms in total. The lowest BCUT2D eigenvalue weighted by Crippen LogP contribution is -2.50. The molecule has 2 saturated heterocycles. The van der Waals surface area contributed by atoms with Gasteiger partial charge in [-0.3, -0.25) is 24.5 Å². The fourth-order valence-corrected chi connectivity index (χ4v) is 3.37. The lowest BCUT2D eigenvalue weighted by atomic mass is 9.79. The standard InChI is InChI=1S/C14H9NO5/c16-10-6-3-1-2-4-7(6)11(17)14(10)9-8(5-20-14)12(18)15-13(9)19/h1-4,8-9H,5H2,(H,15,18,19). The summed E-state index contributed by atoms with van der Waals surface area (Å²) in [7, 11) is 0. The van der Waals surface area contributed by atoms with Crippen LogP contribution in [-0.2, 0) is 14.3 Å². The normalized spacial score (nSPS) is 29.8. The minimum Gasteiger partial charge on any atom is -0.357 e. The number of Topliss-reactive ketones (excluding diaryl/α,β-unsaturated/α-hetero) is 2. The van der Waals surface area contributed by atoms with E-state index in [0.717, 1.165) is 0 Å². The first-order valence-corrected chi connectivity index (χ1v) is 6.24. The Morgan fingerprint density at radius 1 is 1.00 bits per heavy atom. The summed E-state index contributed by atoms with van der Waals surface area (Å²) < 4.78 is 5.44. The second kappa shape index (κ2) is 3.40. The summed E-state index contributed by atoms with van der Waals surface area (Å²) in [4.78, 5) is 48.8. The Morgan fingerprint density at radius 3 is 2.20 bits per heavy atom. The van der Waals surface area contributed by atoms with Crippen LogP contribution in [0.15, 0.2) is 24.3 Å². The molecule has 3 aliphatic rings. The van der Waals surface area contributed by atoms with Crippen molar-refractivity contribution in [2.75, 3.05) is 6.61 Å². The number of carbonyl (C=O) groups is 4. The molecule has 1 aromatic carbocycles. The average Bonchev–Trinajstić information content (AvgIpc) is 3.04. The molecule has 4 rings (SSSR count). The Bertz CT molecular complexity index is 672. The molecule has 0 radical (unpaired) electrons. The van der Waals surface area contributed by atoms with Gasteiger partial charge in [0.2, 0.25) is 29.0 Å². The van der Waals surface area contributed by atoms with Crippen LogP contribution in [0.25, 0.3) is 0 Å². The third-order valence-electron chi connectivity index (χ3n) is 4.29. The molecule has 0 bridgehead atoms. The Balaban J connectivity index is 1.92. The molecule has 2 atom stereocenters. The van der Waals surface area contributed by atoms with Crippen molar-refractivity contribution in [2.24, 2.45) is 11.8 Å². The number of fused-ring (bicyclic) bond motifs is 3. The van der Waals surface area contributed by atoms with E-state index in [2.05, 4.69) is 5.32 Å². The zero-order chi connectivity index (χ0) is 14.1. The average molecular weight is 271 g/mol. The fourth-order valence-electron chi connectivity index (χ4n) is 3.37. The minimum atomic E-state index is -1.84. The largest absolute Gasteiger partial charge is 0.357 e. The van der Waals surface area contributed by atoms with Crippen LogP contribution in [0.3, 0.4) is 0 Å². The minimum absolute atomic E-state index is 0.0896. The molecular weight excluding hydrogens is 262 g/mol. The molecule has 0 aromatic heterocycles. The predicted molar refractivity (Wildman–Crippen MR) is 63.9 cm³/mol. The summed E-state index contributed by atoms with van der Waals surface area (Å²) >= 11 is 0. The van der Waals surface area contributed by atoms with Gasteiger partial charge in [-0.1, -0.05) is 24.3 Å². The van der Waals surface area contributed by atoms with Gasteiger partial charge in [-0.2, -0.15) is 0 Å². The van der Waals surface area contributed by atoms with Crippen LogP contribution in [0, 0.1) is 11.8 Å². The zero-order valence-electron chi connectivity index (χ0n) is 10.2. The van der Waals surface area contributed by atoms with Gasteiger partial charge in [0.25, 0.3) is 0 Å². The molecule has 1 aliphatic carbocycles. The summed E-state index contributed by atoms with van der Waals surface area (Å²) in [6.45, 7) is -0.0896. The highest BCUT2D eigenvalue weighted by molar-refractivity contribution is 6.34. The summed E-state index contributed by atoms with van der Waals surface area (Å²) in [6, 6.07) is 6.37. The SMILES string of the molecule is O=C1NC(=O)C2C1COC21C(=O)c2ccccc2C1=O. The van der Waals surface area contributed by atoms with Crippen LogP contribution in [0.1, 0.15) is 20.7 Å². The Hall–Kier alpha value is -2.34. The second-order valence-corrected chi connectivity index (χ2v) is 5.19. The van der Waals surface area contributed by atoms with Gasteiger partial charge >= 0.3 is 0 Å². The van der Waals surface area contributed by atoms with Gasteiger partial charge in [0.05, 0.1) is 18.4 Å². The third kappa shape index (κ3) is 1.05. The highest BCUT2D eigenvalue weighted by Crippen LogP contribution is 2.47. The summed E-state index contributed by atoms with van der Waals surface area (Å²) in [5.41, 5.74) is -1.33. The predicted octanol–water partition coefficient (Wildman–Crippen LogP) is -0.277. The quantitative estimate of drug-likeness (QED) is 0.518. The van der Waals surface area contributed by atoms with Crippen LogP contribution in [0.2, 0.25) is 0 Å². The number of benzene rings is 1. The van der Waals surface area contributed by atoms with Crippen molar-refractivity contribution in [2.45, 2.75) is 5.60 Å². The Kier molecular flexibility index (Phi) is 1.95. The lowest BCUT2D eigenvalue weighted by molar-refractivity contribution is -0.129. The number of amides is 2. The van der Waals surface area contributed by atoms with Crippen molar-refractivity contribution in [3.05, 3.63) is 35.4 Å². The van der Waals surface area contributed by atoms with Gasteiger partial charge in [0, 0.05) is 11.1 Å². The molecule has 1 N–H and O–H groups in total. The van der Waals surface area contributed by atoms with Crippen molar-refractivity contribution in [3.63, 3.8) is 0 Å². The van der Waals surface area contributed by atoms with Crippen molar-refractivity contribution >= 4 is 23.4 Å². The molecule has 1 aromatic rings. The van der Waals surface area contributed by atoms with Gasteiger partial charge in [-0.15, -0.1) is 0 Å². The molecule has 2 unspecified atom stereocenters. The van der Waals surface area contributed by atoms with Crippen LogP contribution >= 0.6 is 0 Å². The van der Waals surface area contributed by atoms with Crippen LogP contribution < -0.4 is 5.32 Å². The van der Waals surface area contributed by atoms with E-state index in [9.17, 15) is 19.2 Å². The molecule has 2 fully saturated rings. The van der Waals surface area contributed by atoms with E-state index in [4.69, 9.17) is 4.74 Å². The third-order valence-corrected chi connectivity index (χ3v) is 4.29. The number of hydrogen-bond donors (Lipinski definition) is 1. The smallest absolute Gasteiger partial charge is 0.234 e. The van der Waals surface area contributed by atoms with E-state index in [1.807, 2.05) is 0 Å². The molecule has 2 heterocycles. The number of ether oxygens (including phenoxy) is 1. The second-order valence-electron chi connectivity index (χ2n) is 5.19. The molecule has 6 heteroatoms. The number of hydrogen-bond acceptors (Lipinski definition) is 5. The zero-order valence-corrected chi connectivity index (χ0v) is 10.2. The molecule has 2 aliphatic heterocycles. The first-order chi connectivity index (χ1) is 9.57. The number of nitrogens with one attached hydrogen (secondary N) is 1. The van der Waals surface area contributed by atoms with Gasteiger partial charge in [-0.05, 0) is 0 Å². The maximum absolute atomic E-state index is 12.6. The van der Waals surface area contributed by atoms with Gasteiger partial charge in [-0.25, -0.2) is 0 Å². The molecule has 2 amide bonds. The number of imide groups is 1. The van der Waals surface area contributed by atoms with Gasteiger partial charge < -0.3 is 4.74 Å². The van der Waals surface area contributed by atoms with E-state index in [-0.39, 0.29) is 17.7 Å². The molecule has 100 valence electrons. The fraction of sp³-hybridized carbons (Fsp3) is 0.286. The first-order valence-electron chi connectivity index (χ1n) is 6.24. The summed E-state index contributed by atoms with van der Waals surface area (Å²) in [5, 5.41) is 2.18. The van der Waals surface area contributed by atoms with Crippen LogP contribution in [0.5, 0.6) is 0 Å². The maximum Gasteiger partial charge on any atom is 0.234 e. The van der Waals surface area contributed by atoms with Gasteiger partial charge in [0.15, 0.2) is 0 Å². The van der Waals surface area contributed by atoms with Crippen molar-refractivity contribution in [1.82, 2.24) is 5.32 Å². The van der Waals surface area contributed by atoms with E-state index < -0.39 is 40.8 Å². The van der Waals surface area contributed by atoms with E-state index >= 15 is 0 Å². The molecule has 1 spiro atoms. The highest BCUT2D eigenvalue weighted by Gasteiger charge is 2.70. The molecule has 20 heavy (non-hydrogen) atoms. The van der Waals surface area contributed by atoms with Crippen molar-refractivity contribution in [1.29, 1.82) is 0 Å². The van der Waals surface area contributed by atoms with Gasteiger partial charge in [0.1, 0.15) is 0 Å². The number of ketones is 2. The first kappa shape index (κ1) is 11.5. The monoisotopic (exact) mass is 271 g/mol. The Labute approximate surface area is 113 Å². The number of carbonyl (C=O) groups excluding carboxylic acids is 4. The van der Waals surface area contributed by atoms with Crippen molar-refractivity contribution in [3.8, 4) is 0 Å². The lowest BCUT2D eigenvalue weighted by Gasteiger charge is -2.23. The van der Waals surface area contributed by atoms with Crippen LogP contribution in [-0.4, -0.2) is 35.6 Å².